The van der Waals surface area contributed by atoms with Gasteiger partial charge in [0.2, 0.25) is 0 Å². The van der Waals surface area contributed by atoms with Crippen molar-refractivity contribution in [2.24, 2.45) is 0 Å². The van der Waals surface area contributed by atoms with Gasteiger partial charge in [-0.05, 0) is 43.2 Å². The average molecular weight is 358 g/mol. The van der Waals surface area contributed by atoms with E-state index in [1.165, 1.54) is 41.2 Å². The highest BCUT2D eigenvalue weighted by Gasteiger charge is 2.17. The third-order valence-corrected chi connectivity index (χ3v) is 5.14. The lowest BCUT2D eigenvalue weighted by atomic mass is 10.1. The van der Waals surface area contributed by atoms with E-state index in [0.717, 1.165) is 11.0 Å². The van der Waals surface area contributed by atoms with Crippen molar-refractivity contribution >= 4 is 28.5 Å². The molecule has 0 saturated carbocycles. The molecule has 1 atom stereocenters. The SMILES string of the molecule is Cc1cc2ncn(C[C@@H](O)CSc3ncccc3[N+](=O)[O-])c2cc1C. The van der Waals surface area contributed by atoms with Crippen LogP contribution in [-0.2, 0) is 6.54 Å². The number of nitro groups is 1. The molecule has 0 aliphatic heterocycles. The van der Waals surface area contributed by atoms with Crippen LogP contribution < -0.4 is 0 Å². The Labute approximate surface area is 148 Å². The van der Waals surface area contributed by atoms with Gasteiger partial charge in [0.1, 0.15) is 0 Å². The van der Waals surface area contributed by atoms with E-state index < -0.39 is 11.0 Å². The van der Waals surface area contributed by atoms with Crippen LogP contribution >= 0.6 is 11.8 Å². The summed E-state index contributed by atoms with van der Waals surface area (Å²) in [6.45, 7) is 4.45. The fourth-order valence-electron chi connectivity index (χ4n) is 2.55. The number of fused-ring (bicyclic) bond motifs is 1. The zero-order valence-electron chi connectivity index (χ0n) is 13.9. The van der Waals surface area contributed by atoms with E-state index in [1.807, 2.05) is 24.5 Å². The molecule has 7 nitrogen and oxygen atoms in total. The molecule has 0 saturated heterocycles. The number of hydrogen-bond donors (Lipinski definition) is 1. The van der Waals surface area contributed by atoms with E-state index in [-0.39, 0.29) is 5.69 Å². The summed E-state index contributed by atoms with van der Waals surface area (Å²) in [5.41, 5.74) is 4.16. The van der Waals surface area contributed by atoms with Gasteiger partial charge in [-0.15, -0.1) is 0 Å². The van der Waals surface area contributed by atoms with Crippen LogP contribution in [0.4, 0.5) is 5.69 Å². The Balaban J connectivity index is 1.70. The summed E-state index contributed by atoms with van der Waals surface area (Å²) >= 11 is 1.18. The number of benzene rings is 1. The highest BCUT2D eigenvalue weighted by Crippen LogP contribution is 2.27. The molecule has 2 heterocycles. The van der Waals surface area contributed by atoms with E-state index in [1.54, 1.807) is 6.33 Å². The minimum absolute atomic E-state index is 0.0427. The quantitative estimate of drug-likeness (QED) is 0.413. The van der Waals surface area contributed by atoms with Gasteiger partial charge >= 0.3 is 5.69 Å². The van der Waals surface area contributed by atoms with Crippen molar-refractivity contribution < 1.29 is 10.0 Å². The Bertz CT molecular complexity index is 925. The number of aliphatic hydroxyl groups excluding tert-OH is 1. The molecule has 0 amide bonds. The van der Waals surface area contributed by atoms with Gasteiger partial charge in [-0.2, -0.15) is 0 Å². The van der Waals surface area contributed by atoms with Crippen LogP contribution in [0.15, 0.2) is 41.8 Å². The first-order valence-electron chi connectivity index (χ1n) is 7.78. The molecule has 1 N–H and O–H groups in total. The van der Waals surface area contributed by atoms with E-state index in [0.29, 0.717) is 17.3 Å². The van der Waals surface area contributed by atoms with Gasteiger partial charge in [-0.3, -0.25) is 10.1 Å². The number of pyridine rings is 1. The summed E-state index contributed by atoms with van der Waals surface area (Å²) in [6, 6.07) is 7.03. The van der Waals surface area contributed by atoms with Gasteiger partial charge in [0.25, 0.3) is 0 Å². The Kier molecular flexibility index (Phi) is 5.00. The van der Waals surface area contributed by atoms with Crippen molar-refractivity contribution in [3.05, 3.63) is 58.0 Å². The number of aromatic nitrogens is 3. The van der Waals surface area contributed by atoms with Crippen LogP contribution in [-0.4, -0.2) is 36.4 Å². The van der Waals surface area contributed by atoms with Gasteiger partial charge in [-0.1, -0.05) is 11.8 Å². The van der Waals surface area contributed by atoms with E-state index >= 15 is 0 Å². The second-order valence-corrected chi connectivity index (χ2v) is 6.88. The van der Waals surface area contributed by atoms with Gasteiger partial charge < -0.3 is 9.67 Å². The van der Waals surface area contributed by atoms with Crippen molar-refractivity contribution in [2.45, 2.75) is 31.5 Å². The molecule has 1 aromatic carbocycles. The standard InChI is InChI=1S/C17H18N4O3S/c1-11-6-14-16(7-12(11)2)20(10-19-14)8-13(22)9-25-17-15(21(23)24)4-3-5-18-17/h3-7,10,13,22H,8-9H2,1-2H3/t13-/m1/s1. The highest BCUT2D eigenvalue weighted by molar-refractivity contribution is 7.99. The number of nitrogens with zero attached hydrogens (tertiary/aromatic N) is 4. The van der Waals surface area contributed by atoms with Crippen molar-refractivity contribution in [3.8, 4) is 0 Å². The zero-order valence-corrected chi connectivity index (χ0v) is 14.7. The molecule has 0 aliphatic rings. The summed E-state index contributed by atoms with van der Waals surface area (Å²) in [4.78, 5) is 18.9. The first-order chi connectivity index (χ1) is 12.0. The lowest BCUT2D eigenvalue weighted by Gasteiger charge is -2.12. The summed E-state index contributed by atoms with van der Waals surface area (Å²) in [5.74, 6) is 0.308. The lowest BCUT2D eigenvalue weighted by molar-refractivity contribution is -0.388. The van der Waals surface area contributed by atoms with Crippen molar-refractivity contribution in [1.82, 2.24) is 14.5 Å². The van der Waals surface area contributed by atoms with Crippen molar-refractivity contribution in [2.75, 3.05) is 5.75 Å². The molecule has 0 spiro atoms. The molecule has 2 aromatic heterocycles. The van der Waals surface area contributed by atoms with Crippen LogP contribution in [0.1, 0.15) is 11.1 Å². The summed E-state index contributed by atoms with van der Waals surface area (Å²) in [5, 5.41) is 21.6. The number of hydrogen-bond acceptors (Lipinski definition) is 6. The lowest BCUT2D eigenvalue weighted by Crippen LogP contribution is -2.18. The molecular weight excluding hydrogens is 340 g/mol. The number of aliphatic hydroxyl groups is 1. The van der Waals surface area contributed by atoms with Crippen molar-refractivity contribution in [3.63, 3.8) is 0 Å². The fraction of sp³-hybridized carbons (Fsp3) is 0.294. The van der Waals surface area contributed by atoms with Gasteiger partial charge in [0.15, 0.2) is 5.03 Å². The molecule has 130 valence electrons. The molecule has 0 fully saturated rings. The van der Waals surface area contributed by atoms with Crippen LogP contribution in [0.5, 0.6) is 0 Å². The predicted molar refractivity (Wildman–Crippen MR) is 96.8 cm³/mol. The van der Waals surface area contributed by atoms with Crippen molar-refractivity contribution in [1.29, 1.82) is 0 Å². The summed E-state index contributed by atoms with van der Waals surface area (Å²) in [6.07, 6.45) is 2.54. The Morgan fingerprint density at radius 2 is 2.08 bits per heavy atom. The van der Waals surface area contributed by atoms with Crippen LogP contribution in [0, 0.1) is 24.0 Å². The number of rotatable bonds is 6. The number of imidazole rings is 1. The maximum Gasteiger partial charge on any atom is 0.301 e. The van der Waals surface area contributed by atoms with Gasteiger partial charge in [0, 0.05) is 18.0 Å². The predicted octanol–water partition coefficient (Wildman–Crippen LogP) is 3.11. The molecule has 0 bridgehead atoms. The third kappa shape index (κ3) is 3.80. The largest absolute Gasteiger partial charge is 0.390 e. The summed E-state index contributed by atoms with van der Waals surface area (Å²) < 4.78 is 1.90. The second kappa shape index (κ2) is 7.20. The highest BCUT2D eigenvalue weighted by atomic mass is 32.2. The fourth-order valence-corrected chi connectivity index (χ4v) is 3.43. The minimum atomic E-state index is -0.675. The zero-order chi connectivity index (χ0) is 18.0. The molecule has 25 heavy (non-hydrogen) atoms. The topological polar surface area (TPSA) is 94.1 Å². The summed E-state index contributed by atoms with van der Waals surface area (Å²) in [7, 11) is 0. The molecule has 8 heteroatoms. The van der Waals surface area contributed by atoms with Gasteiger partial charge in [-0.25, -0.2) is 9.97 Å². The molecule has 0 radical (unpaired) electrons. The molecule has 3 aromatic rings. The smallest absolute Gasteiger partial charge is 0.301 e. The Hall–Kier alpha value is -2.45. The second-order valence-electron chi connectivity index (χ2n) is 5.87. The first-order valence-corrected chi connectivity index (χ1v) is 8.76. The van der Waals surface area contributed by atoms with E-state index in [4.69, 9.17) is 0 Å². The number of thioether (sulfide) groups is 1. The average Bonchev–Trinajstić information content (AvgIpc) is 2.95. The molecule has 0 aliphatic carbocycles. The number of aryl methyl sites for hydroxylation is 2. The molecular formula is C17H18N4O3S. The normalized spacial score (nSPS) is 12.4. The Morgan fingerprint density at radius 3 is 2.84 bits per heavy atom. The van der Waals surface area contributed by atoms with E-state index in [9.17, 15) is 15.2 Å². The first kappa shape index (κ1) is 17.4. The maximum atomic E-state index is 11.0. The van der Waals surface area contributed by atoms with Crippen LogP contribution in [0.3, 0.4) is 0 Å². The van der Waals surface area contributed by atoms with E-state index in [2.05, 4.69) is 16.0 Å². The maximum absolute atomic E-state index is 11.0. The molecule has 0 unspecified atom stereocenters. The minimum Gasteiger partial charge on any atom is -0.390 e. The van der Waals surface area contributed by atoms with Gasteiger partial charge in [0.05, 0.1) is 34.9 Å². The monoisotopic (exact) mass is 358 g/mol. The third-order valence-electron chi connectivity index (χ3n) is 4.00. The van der Waals surface area contributed by atoms with Crippen LogP contribution in [0.2, 0.25) is 0 Å². The molecule has 3 rings (SSSR count). The Morgan fingerprint density at radius 1 is 1.32 bits per heavy atom. The van der Waals surface area contributed by atoms with Crippen LogP contribution in [0.25, 0.3) is 11.0 Å².